The highest BCUT2D eigenvalue weighted by atomic mass is 16.5. The minimum atomic E-state index is -0.318. The molecule has 3 aromatic rings. The maximum Gasteiger partial charge on any atom is 0.316 e. The second-order valence-electron chi connectivity index (χ2n) is 7.93. The Labute approximate surface area is 186 Å². The monoisotopic (exact) mass is 437 g/mol. The number of rotatable bonds is 5. The molecule has 10 nitrogen and oxygen atoms in total. The fourth-order valence-corrected chi connectivity index (χ4v) is 4.03. The highest BCUT2D eigenvalue weighted by Gasteiger charge is 2.25. The Morgan fingerprint density at radius 1 is 1.06 bits per heavy atom. The molecule has 1 aliphatic rings. The zero-order valence-electron chi connectivity index (χ0n) is 18.8. The molecular weight excluding hydrogens is 410 g/mol. The number of nitrogens with zero attached hydrogens (tertiary/aromatic N) is 5. The van der Waals surface area contributed by atoms with Gasteiger partial charge in [0.15, 0.2) is 0 Å². The van der Waals surface area contributed by atoms with Crippen molar-refractivity contribution < 1.29 is 14.3 Å². The molecule has 0 bridgehead atoms. The van der Waals surface area contributed by atoms with Crippen molar-refractivity contribution in [3.63, 3.8) is 0 Å². The SMILES string of the molecule is COc1ncc(NC(=O)c2ccc(N3C[C@@H](C)N[C@@H](C)C3)c3cnc(OC)nc23)c(C)n1. The third-order valence-electron chi connectivity index (χ3n) is 5.42. The van der Waals surface area contributed by atoms with Crippen LogP contribution in [-0.4, -0.2) is 65.2 Å². The number of methoxy groups -OCH3 is 2. The number of carbonyl (C=O) groups excluding carboxylic acids is 1. The summed E-state index contributed by atoms with van der Waals surface area (Å²) < 4.78 is 10.3. The summed E-state index contributed by atoms with van der Waals surface area (Å²) in [6, 6.07) is 4.87. The van der Waals surface area contributed by atoms with Crippen molar-refractivity contribution in [3.05, 3.63) is 35.8 Å². The van der Waals surface area contributed by atoms with Gasteiger partial charge in [0.25, 0.3) is 5.91 Å². The van der Waals surface area contributed by atoms with Crippen molar-refractivity contribution >= 4 is 28.2 Å². The highest BCUT2D eigenvalue weighted by Crippen LogP contribution is 2.31. The van der Waals surface area contributed by atoms with E-state index in [1.165, 1.54) is 20.4 Å². The van der Waals surface area contributed by atoms with Crippen LogP contribution < -0.4 is 25.0 Å². The zero-order valence-corrected chi connectivity index (χ0v) is 18.8. The number of hydrogen-bond donors (Lipinski definition) is 2. The smallest absolute Gasteiger partial charge is 0.316 e. The molecule has 4 rings (SSSR count). The van der Waals surface area contributed by atoms with Gasteiger partial charge in [-0.2, -0.15) is 9.97 Å². The standard InChI is InChI=1S/C22H27N7O3/c1-12-10-29(11-13(2)25-12)18-7-6-15(19-16(18)8-23-22(28-19)32-5)20(30)27-17-9-24-21(31-4)26-14(17)3/h6-9,12-13,25H,10-11H2,1-5H3,(H,27,30)/t12-,13+. The summed E-state index contributed by atoms with van der Waals surface area (Å²) >= 11 is 0. The van der Waals surface area contributed by atoms with Crippen LogP contribution in [0.5, 0.6) is 12.0 Å². The summed E-state index contributed by atoms with van der Waals surface area (Å²) in [5.41, 5.74) is 3.03. The molecule has 1 aromatic carbocycles. The molecule has 3 heterocycles. The minimum Gasteiger partial charge on any atom is -0.467 e. The Hall–Kier alpha value is -3.53. The number of amides is 1. The van der Waals surface area contributed by atoms with E-state index in [0.29, 0.717) is 34.5 Å². The maximum absolute atomic E-state index is 13.2. The van der Waals surface area contributed by atoms with E-state index in [9.17, 15) is 4.79 Å². The second-order valence-corrected chi connectivity index (χ2v) is 7.93. The molecule has 1 amide bonds. The minimum absolute atomic E-state index is 0.203. The van der Waals surface area contributed by atoms with E-state index in [-0.39, 0.29) is 17.9 Å². The summed E-state index contributed by atoms with van der Waals surface area (Å²) in [6.07, 6.45) is 3.24. The Balaban J connectivity index is 1.74. The number of piperazine rings is 1. The lowest BCUT2D eigenvalue weighted by Gasteiger charge is -2.38. The molecule has 2 N–H and O–H groups in total. The predicted molar refractivity (Wildman–Crippen MR) is 122 cm³/mol. The van der Waals surface area contributed by atoms with Gasteiger partial charge in [-0.15, -0.1) is 0 Å². The van der Waals surface area contributed by atoms with Crippen LogP contribution in [0.3, 0.4) is 0 Å². The van der Waals surface area contributed by atoms with Crippen LogP contribution >= 0.6 is 0 Å². The largest absolute Gasteiger partial charge is 0.467 e. The average molecular weight is 438 g/mol. The van der Waals surface area contributed by atoms with Crippen molar-refractivity contribution in [3.8, 4) is 12.0 Å². The number of nitrogens with one attached hydrogen (secondary N) is 2. The quantitative estimate of drug-likeness (QED) is 0.620. The van der Waals surface area contributed by atoms with Crippen molar-refractivity contribution in [1.29, 1.82) is 0 Å². The molecule has 0 aliphatic carbocycles. The van der Waals surface area contributed by atoms with Gasteiger partial charge in [0.1, 0.15) is 0 Å². The Morgan fingerprint density at radius 3 is 2.38 bits per heavy atom. The van der Waals surface area contributed by atoms with Crippen LogP contribution in [0, 0.1) is 6.92 Å². The molecule has 0 radical (unpaired) electrons. The van der Waals surface area contributed by atoms with Crippen LogP contribution in [0.25, 0.3) is 10.9 Å². The van der Waals surface area contributed by atoms with Gasteiger partial charge >= 0.3 is 12.0 Å². The van der Waals surface area contributed by atoms with E-state index in [0.717, 1.165) is 24.2 Å². The molecule has 168 valence electrons. The van der Waals surface area contributed by atoms with Gasteiger partial charge < -0.3 is 25.0 Å². The van der Waals surface area contributed by atoms with Crippen molar-refractivity contribution in [2.24, 2.45) is 0 Å². The Morgan fingerprint density at radius 2 is 1.72 bits per heavy atom. The average Bonchev–Trinajstić information content (AvgIpc) is 2.78. The summed E-state index contributed by atoms with van der Waals surface area (Å²) in [7, 11) is 3.00. The van der Waals surface area contributed by atoms with E-state index in [1.54, 1.807) is 19.2 Å². The Kier molecular flexibility index (Phi) is 6.04. The Bertz CT molecular complexity index is 1140. The van der Waals surface area contributed by atoms with Crippen LogP contribution in [-0.2, 0) is 0 Å². The van der Waals surface area contributed by atoms with Crippen LogP contribution in [0.2, 0.25) is 0 Å². The topological polar surface area (TPSA) is 114 Å². The number of carbonyl (C=O) groups is 1. The lowest BCUT2D eigenvalue weighted by Crippen LogP contribution is -2.54. The van der Waals surface area contributed by atoms with Gasteiger partial charge in [-0.05, 0) is 32.9 Å². The third kappa shape index (κ3) is 4.26. The normalized spacial score (nSPS) is 18.5. The molecule has 0 saturated carbocycles. The molecule has 1 fully saturated rings. The number of aryl methyl sites for hydroxylation is 1. The number of fused-ring (bicyclic) bond motifs is 1. The fourth-order valence-electron chi connectivity index (χ4n) is 4.03. The van der Waals surface area contributed by atoms with Gasteiger partial charge in [-0.3, -0.25) is 4.79 Å². The van der Waals surface area contributed by atoms with E-state index in [4.69, 9.17) is 9.47 Å². The van der Waals surface area contributed by atoms with E-state index >= 15 is 0 Å². The van der Waals surface area contributed by atoms with Gasteiger partial charge in [0.05, 0.1) is 42.9 Å². The summed E-state index contributed by atoms with van der Waals surface area (Å²) in [5, 5.41) is 7.21. The molecule has 0 spiro atoms. The number of hydrogen-bond acceptors (Lipinski definition) is 9. The molecular formula is C22H27N7O3. The maximum atomic E-state index is 13.2. The number of aromatic nitrogens is 4. The number of ether oxygens (including phenoxy) is 2. The van der Waals surface area contributed by atoms with Crippen molar-refractivity contribution in [2.75, 3.05) is 37.5 Å². The fraction of sp³-hybridized carbons (Fsp3) is 0.409. The third-order valence-corrected chi connectivity index (χ3v) is 5.42. The number of anilines is 2. The molecule has 1 saturated heterocycles. The molecule has 32 heavy (non-hydrogen) atoms. The van der Waals surface area contributed by atoms with Crippen LogP contribution in [0.15, 0.2) is 24.5 Å². The molecule has 0 unspecified atom stereocenters. The first kappa shape index (κ1) is 21.7. The van der Waals surface area contributed by atoms with Crippen molar-refractivity contribution in [1.82, 2.24) is 25.3 Å². The van der Waals surface area contributed by atoms with Gasteiger partial charge in [0, 0.05) is 42.4 Å². The first-order valence-corrected chi connectivity index (χ1v) is 10.4. The van der Waals surface area contributed by atoms with Gasteiger partial charge in [0.2, 0.25) is 0 Å². The summed E-state index contributed by atoms with van der Waals surface area (Å²) in [5.74, 6) is -0.318. The molecule has 10 heteroatoms. The lowest BCUT2D eigenvalue weighted by atomic mass is 10.0. The molecule has 1 aliphatic heterocycles. The molecule has 2 aromatic heterocycles. The molecule has 2 atom stereocenters. The zero-order chi connectivity index (χ0) is 22.8. The van der Waals surface area contributed by atoms with Gasteiger partial charge in [-0.1, -0.05) is 0 Å². The van der Waals surface area contributed by atoms with E-state index < -0.39 is 0 Å². The summed E-state index contributed by atoms with van der Waals surface area (Å²) in [4.78, 5) is 32.6. The lowest BCUT2D eigenvalue weighted by molar-refractivity contribution is 0.102. The van der Waals surface area contributed by atoms with E-state index in [1.807, 2.05) is 6.07 Å². The second kappa shape index (κ2) is 8.91. The summed E-state index contributed by atoms with van der Waals surface area (Å²) in [6.45, 7) is 7.79. The highest BCUT2D eigenvalue weighted by molar-refractivity contribution is 6.14. The van der Waals surface area contributed by atoms with Crippen LogP contribution in [0.1, 0.15) is 29.9 Å². The predicted octanol–water partition coefficient (Wildman–Crippen LogP) is 2.18. The van der Waals surface area contributed by atoms with E-state index in [2.05, 4.69) is 49.3 Å². The first-order valence-electron chi connectivity index (χ1n) is 10.4. The first-order chi connectivity index (χ1) is 15.4. The van der Waals surface area contributed by atoms with Gasteiger partial charge in [-0.25, -0.2) is 9.97 Å². The number of benzene rings is 1. The van der Waals surface area contributed by atoms with Crippen molar-refractivity contribution in [2.45, 2.75) is 32.9 Å². The van der Waals surface area contributed by atoms with Crippen LogP contribution in [0.4, 0.5) is 11.4 Å².